The Morgan fingerprint density at radius 2 is 2.08 bits per heavy atom. The third-order valence-electron chi connectivity index (χ3n) is 4.23. The van der Waals surface area contributed by atoms with Gasteiger partial charge < -0.3 is 9.64 Å². The second-order valence-electron chi connectivity index (χ2n) is 5.79. The maximum Gasteiger partial charge on any atom is 0.243 e. The molecule has 0 unspecified atom stereocenters. The molecule has 8 heteroatoms. The van der Waals surface area contributed by atoms with Gasteiger partial charge in [0.05, 0.1) is 17.5 Å². The summed E-state index contributed by atoms with van der Waals surface area (Å²) < 4.78 is 45.8. The average molecular weight is 365 g/mol. The lowest BCUT2D eigenvalue weighted by Gasteiger charge is -2.43. The Balaban J connectivity index is 1.72. The number of benzene rings is 1. The molecule has 0 spiro atoms. The number of rotatable bonds is 6. The van der Waals surface area contributed by atoms with E-state index in [1.807, 2.05) is 23.1 Å². The zero-order valence-corrected chi connectivity index (χ0v) is 14.9. The molecular formula is C17H20FN3O3S. The maximum atomic E-state index is 14.0. The lowest BCUT2D eigenvalue weighted by atomic mass is 10.1. The zero-order chi connectivity index (χ0) is 18.0. The SMILES string of the molecule is CCOc1ccc(S(=O)(=O)N(C)C2CN(c3ccccn3)C2)cc1F. The van der Waals surface area contributed by atoms with Crippen molar-refractivity contribution in [2.75, 3.05) is 31.6 Å². The summed E-state index contributed by atoms with van der Waals surface area (Å²) in [5.41, 5.74) is 0. The molecule has 0 radical (unpaired) electrons. The molecule has 2 heterocycles. The molecule has 0 amide bonds. The molecule has 25 heavy (non-hydrogen) atoms. The van der Waals surface area contributed by atoms with Gasteiger partial charge in [-0.05, 0) is 37.3 Å². The summed E-state index contributed by atoms with van der Waals surface area (Å²) in [6.45, 7) is 3.15. The van der Waals surface area contributed by atoms with Crippen LogP contribution in [0.4, 0.5) is 10.2 Å². The quantitative estimate of drug-likeness (QED) is 0.785. The van der Waals surface area contributed by atoms with Crippen LogP contribution in [0.2, 0.25) is 0 Å². The number of anilines is 1. The average Bonchev–Trinajstić information content (AvgIpc) is 2.56. The summed E-state index contributed by atoms with van der Waals surface area (Å²) in [5, 5.41) is 0. The predicted octanol–water partition coefficient (Wildman–Crippen LogP) is 2.13. The van der Waals surface area contributed by atoms with Crippen molar-refractivity contribution in [1.29, 1.82) is 0 Å². The molecule has 134 valence electrons. The number of ether oxygens (including phenoxy) is 1. The van der Waals surface area contributed by atoms with E-state index in [0.29, 0.717) is 19.7 Å². The van der Waals surface area contributed by atoms with Crippen LogP contribution in [-0.2, 0) is 10.0 Å². The molecule has 0 atom stereocenters. The highest BCUT2D eigenvalue weighted by atomic mass is 32.2. The third kappa shape index (κ3) is 3.45. The van der Waals surface area contributed by atoms with Crippen LogP contribution in [-0.4, -0.2) is 50.5 Å². The van der Waals surface area contributed by atoms with Crippen LogP contribution in [0.5, 0.6) is 5.75 Å². The van der Waals surface area contributed by atoms with Crippen molar-refractivity contribution < 1.29 is 17.5 Å². The van der Waals surface area contributed by atoms with Gasteiger partial charge in [0, 0.05) is 26.3 Å². The molecule has 0 saturated carbocycles. The topological polar surface area (TPSA) is 62.7 Å². The van der Waals surface area contributed by atoms with E-state index in [4.69, 9.17) is 4.74 Å². The van der Waals surface area contributed by atoms with Gasteiger partial charge in [-0.15, -0.1) is 0 Å². The lowest BCUT2D eigenvalue weighted by molar-refractivity contribution is 0.308. The van der Waals surface area contributed by atoms with E-state index in [1.165, 1.54) is 23.5 Å². The fraction of sp³-hybridized carbons (Fsp3) is 0.353. The van der Waals surface area contributed by atoms with E-state index in [9.17, 15) is 12.8 Å². The first kappa shape index (κ1) is 17.6. The van der Waals surface area contributed by atoms with E-state index in [1.54, 1.807) is 13.1 Å². The standard InChI is InChI=1S/C17H20FN3O3S/c1-3-24-16-8-7-14(10-15(16)18)25(22,23)20(2)13-11-21(12-13)17-6-4-5-9-19-17/h4-10,13H,3,11-12H2,1-2H3. The third-order valence-corrected chi connectivity index (χ3v) is 6.14. The Labute approximate surface area is 146 Å². The van der Waals surface area contributed by atoms with Crippen LogP contribution in [0.15, 0.2) is 47.5 Å². The second-order valence-corrected chi connectivity index (χ2v) is 7.79. The molecule has 1 aromatic carbocycles. The number of halogens is 1. The predicted molar refractivity (Wildman–Crippen MR) is 92.8 cm³/mol. The van der Waals surface area contributed by atoms with Crippen molar-refractivity contribution in [2.45, 2.75) is 17.9 Å². The number of hydrogen-bond acceptors (Lipinski definition) is 5. The minimum Gasteiger partial charge on any atom is -0.491 e. The van der Waals surface area contributed by atoms with Gasteiger partial charge in [0.1, 0.15) is 5.82 Å². The number of aromatic nitrogens is 1. The highest BCUT2D eigenvalue weighted by Crippen LogP contribution is 2.27. The minimum atomic E-state index is -3.77. The van der Waals surface area contributed by atoms with Crippen molar-refractivity contribution in [3.05, 3.63) is 48.4 Å². The van der Waals surface area contributed by atoms with E-state index in [2.05, 4.69) is 4.98 Å². The number of nitrogens with zero attached hydrogens (tertiary/aromatic N) is 3. The summed E-state index contributed by atoms with van der Waals surface area (Å²) in [4.78, 5) is 6.17. The van der Waals surface area contributed by atoms with Gasteiger partial charge >= 0.3 is 0 Å². The van der Waals surface area contributed by atoms with Crippen molar-refractivity contribution in [1.82, 2.24) is 9.29 Å². The second kappa shape index (κ2) is 6.97. The number of sulfonamides is 1. The number of pyridine rings is 1. The summed E-state index contributed by atoms with van der Waals surface area (Å²) in [7, 11) is -2.25. The molecule has 1 fully saturated rings. The fourth-order valence-electron chi connectivity index (χ4n) is 2.69. The van der Waals surface area contributed by atoms with E-state index < -0.39 is 15.8 Å². The molecule has 3 rings (SSSR count). The Morgan fingerprint density at radius 3 is 2.68 bits per heavy atom. The molecule has 0 N–H and O–H groups in total. The smallest absolute Gasteiger partial charge is 0.243 e. The first-order chi connectivity index (χ1) is 11.9. The van der Waals surface area contributed by atoms with Gasteiger partial charge in [0.15, 0.2) is 11.6 Å². The van der Waals surface area contributed by atoms with Crippen LogP contribution in [0.1, 0.15) is 6.92 Å². The fourth-order valence-corrected chi connectivity index (χ4v) is 4.04. The van der Waals surface area contributed by atoms with Crippen LogP contribution in [0, 0.1) is 5.82 Å². The summed E-state index contributed by atoms with van der Waals surface area (Å²) in [5.74, 6) is 0.186. The highest BCUT2D eigenvalue weighted by Gasteiger charge is 2.37. The molecule has 1 saturated heterocycles. The van der Waals surface area contributed by atoms with E-state index in [-0.39, 0.29) is 16.7 Å². The minimum absolute atomic E-state index is 0.0501. The molecule has 1 aromatic heterocycles. The maximum absolute atomic E-state index is 14.0. The Hall–Kier alpha value is -2.19. The van der Waals surface area contributed by atoms with Crippen LogP contribution in [0.3, 0.4) is 0 Å². The summed E-state index contributed by atoms with van der Waals surface area (Å²) in [6.07, 6.45) is 1.70. The van der Waals surface area contributed by atoms with Gasteiger partial charge in [0.2, 0.25) is 10.0 Å². The summed E-state index contributed by atoms with van der Waals surface area (Å²) >= 11 is 0. The molecule has 2 aromatic rings. The van der Waals surface area contributed by atoms with Crippen LogP contribution in [0.25, 0.3) is 0 Å². The van der Waals surface area contributed by atoms with E-state index in [0.717, 1.165) is 11.9 Å². The lowest BCUT2D eigenvalue weighted by Crippen LogP contribution is -2.60. The van der Waals surface area contributed by atoms with Crippen molar-refractivity contribution in [3.8, 4) is 5.75 Å². The molecular weight excluding hydrogens is 345 g/mol. The zero-order valence-electron chi connectivity index (χ0n) is 14.1. The van der Waals surface area contributed by atoms with Gasteiger partial charge in [-0.2, -0.15) is 4.31 Å². The van der Waals surface area contributed by atoms with Crippen LogP contribution < -0.4 is 9.64 Å². The Kier molecular flexibility index (Phi) is 4.91. The van der Waals surface area contributed by atoms with Gasteiger partial charge in [-0.3, -0.25) is 0 Å². The van der Waals surface area contributed by atoms with Crippen molar-refractivity contribution >= 4 is 15.8 Å². The van der Waals surface area contributed by atoms with Crippen molar-refractivity contribution in [2.24, 2.45) is 0 Å². The first-order valence-electron chi connectivity index (χ1n) is 8.00. The molecule has 0 bridgehead atoms. The van der Waals surface area contributed by atoms with Crippen LogP contribution >= 0.6 is 0 Å². The highest BCUT2D eigenvalue weighted by molar-refractivity contribution is 7.89. The number of hydrogen-bond donors (Lipinski definition) is 0. The normalized spacial score (nSPS) is 15.3. The monoisotopic (exact) mass is 365 g/mol. The molecule has 0 aliphatic carbocycles. The molecule has 1 aliphatic heterocycles. The molecule has 6 nitrogen and oxygen atoms in total. The Bertz CT molecular complexity index is 839. The summed E-state index contributed by atoms with van der Waals surface area (Å²) in [6, 6.07) is 9.15. The number of likely N-dealkylation sites (N-methyl/N-ethyl adjacent to an activating group) is 1. The van der Waals surface area contributed by atoms with Crippen molar-refractivity contribution in [3.63, 3.8) is 0 Å². The van der Waals surface area contributed by atoms with Gasteiger partial charge in [0.25, 0.3) is 0 Å². The van der Waals surface area contributed by atoms with Gasteiger partial charge in [-0.25, -0.2) is 17.8 Å². The van der Waals surface area contributed by atoms with E-state index >= 15 is 0 Å². The Morgan fingerprint density at radius 1 is 1.32 bits per heavy atom. The molecule has 1 aliphatic rings. The largest absolute Gasteiger partial charge is 0.491 e. The first-order valence-corrected chi connectivity index (χ1v) is 9.44. The van der Waals surface area contributed by atoms with Gasteiger partial charge in [-0.1, -0.05) is 6.07 Å².